The molecule has 172 valence electrons. The summed E-state index contributed by atoms with van der Waals surface area (Å²) in [6, 6.07) is 14.9. The number of carbonyl (C=O) groups excluding carboxylic acids is 1. The quantitative estimate of drug-likeness (QED) is 0.591. The van der Waals surface area contributed by atoms with Gasteiger partial charge in [0.2, 0.25) is 10.0 Å². The van der Waals surface area contributed by atoms with Gasteiger partial charge in [0.25, 0.3) is 5.91 Å². The summed E-state index contributed by atoms with van der Waals surface area (Å²) in [5, 5.41) is 7.23. The summed E-state index contributed by atoms with van der Waals surface area (Å²) in [6.07, 6.45) is 1.68. The predicted octanol–water partition coefficient (Wildman–Crippen LogP) is 2.34. The largest absolute Gasteiger partial charge is 0.306 e. The van der Waals surface area contributed by atoms with Crippen LogP contribution in [0.25, 0.3) is 5.69 Å². The summed E-state index contributed by atoms with van der Waals surface area (Å²) in [6.45, 7) is 1.00. The molecule has 0 bridgehead atoms. The minimum absolute atomic E-state index is 0.141. The van der Waals surface area contributed by atoms with E-state index in [0.29, 0.717) is 35.9 Å². The molecule has 2 aliphatic rings. The smallest absolute Gasteiger partial charge is 0.256 e. The molecule has 0 saturated carbocycles. The second-order valence-corrected chi connectivity index (χ2v) is 12.1. The van der Waals surface area contributed by atoms with Crippen LogP contribution >= 0.6 is 0 Å². The topological polar surface area (TPSA) is 118 Å². The lowest BCUT2D eigenvalue weighted by Gasteiger charge is -2.15. The Morgan fingerprint density at radius 2 is 1.61 bits per heavy atom. The van der Waals surface area contributed by atoms with Crippen molar-refractivity contribution in [1.82, 2.24) is 14.1 Å². The SMILES string of the molecule is O=C(Nc1c2c(nn1-c1ccccc1)CS(=O)(=O)C2)c1ccc(S(=O)(=O)N2CCCC2)cc1. The summed E-state index contributed by atoms with van der Waals surface area (Å²) in [5.41, 5.74) is 1.83. The number of aromatic nitrogens is 2. The summed E-state index contributed by atoms with van der Waals surface area (Å²) < 4.78 is 52.7. The van der Waals surface area contributed by atoms with Gasteiger partial charge in [-0.05, 0) is 49.2 Å². The molecule has 5 rings (SSSR count). The van der Waals surface area contributed by atoms with E-state index in [1.165, 1.54) is 33.3 Å². The highest BCUT2D eigenvalue weighted by atomic mass is 32.2. The number of sulfonamides is 1. The highest BCUT2D eigenvalue weighted by Crippen LogP contribution is 2.33. The van der Waals surface area contributed by atoms with E-state index in [9.17, 15) is 21.6 Å². The van der Waals surface area contributed by atoms with Gasteiger partial charge in [0.05, 0.1) is 27.8 Å². The van der Waals surface area contributed by atoms with Crippen LogP contribution in [-0.2, 0) is 31.4 Å². The van der Waals surface area contributed by atoms with E-state index < -0.39 is 25.8 Å². The Morgan fingerprint density at radius 3 is 2.27 bits per heavy atom. The number of rotatable bonds is 5. The van der Waals surface area contributed by atoms with Gasteiger partial charge in [-0.3, -0.25) is 4.79 Å². The van der Waals surface area contributed by atoms with Gasteiger partial charge in [-0.1, -0.05) is 18.2 Å². The van der Waals surface area contributed by atoms with Crippen LogP contribution in [0.1, 0.15) is 34.5 Å². The van der Waals surface area contributed by atoms with Gasteiger partial charge < -0.3 is 5.32 Å². The molecule has 0 aliphatic carbocycles. The number of hydrogen-bond acceptors (Lipinski definition) is 6. The molecule has 33 heavy (non-hydrogen) atoms. The van der Waals surface area contributed by atoms with Gasteiger partial charge in [-0.15, -0.1) is 0 Å². The Kier molecular flexibility index (Phi) is 5.34. The molecule has 2 aromatic carbocycles. The standard InChI is InChI=1S/C22H22N4O5S2/c27-22(16-8-10-18(11-9-16)33(30,31)25-12-4-5-13-25)23-21-19-14-32(28,29)15-20(19)24-26(21)17-6-2-1-3-7-17/h1-3,6-11H,4-5,12-15H2,(H,23,27). The predicted molar refractivity (Wildman–Crippen MR) is 122 cm³/mol. The van der Waals surface area contributed by atoms with E-state index in [4.69, 9.17) is 0 Å². The van der Waals surface area contributed by atoms with E-state index in [1.54, 1.807) is 0 Å². The van der Waals surface area contributed by atoms with Crippen molar-refractivity contribution in [2.24, 2.45) is 0 Å². The zero-order chi connectivity index (χ0) is 23.2. The molecule has 3 heterocycles. The number of nitrogens with one attached hydrogen (secondary N) is 1. The van der Waals surface area contributed by atoms with Crippen molar-refractivity contribution in [2.75, 3.05) is 18.4 Å². The van der Waals surface area contributed by atoms with Crippen molar-refractivity contribution in [2.45, 2.75) is 29.2 Å². The lowest BCUT2D eigenvalue weighted by molar-refractivity contribution is 0.102. The summed E-state index contributed by atoms with van der Waals surface area (Å²) >= 11 is 0. The maximum absolute atomic E-state index is 13.0. The number of amides is 1. The third-order valence-electron chi connectivity index (χ3n) is 5.84. The van der Waals surface area contributed by atoms with Crippen molar-refractivity contribution in [3.8, 4) is 5.69 Å². The fourth-order valence-corrected chi connectivity index (χ4v) is 7.17. The highest BCUT2D eigenvalue weighted by molar-refractivity contribution is 7.90. The monoisotopic (exact) mass is 486 g/mol. The first-order valence-corrected chi connectivity index (χ1v) is 13.8. The highest BCUT2D eigenvalue weighted by Gasteiger charge is 2.33. The lowest BCUT2D eigenvalue weighted by Crippen LogP contribution is -2.27. The van der Waals surface area contributed by atoms with Crippen LogP contribution in [0.15, 0.2) is 59.5 Å². The molecule has 3 aromatic rings. The number of carbonyl (C=O) groups is 1. The van der Waals surface area contributed by atoms with Crippen molar-refractivity contribution in [3.05, 3.63) is 71.4 Å². The first-order valence-electron chi connectivity index (χ1n) is 10.5. The van der Waals surface area contributed by atoms with Crippen LogP contribution in [0.3, 0.4) is 0 Å². The van der Waals surface area contributed by atoms with Gasteiger partial charge in [-0.25, -0.2) is 21.5 Å². The molecular weight excluding hydrogens is 464 g/mol. The maximum atomic E-state index is 13.0. The zero-order valence-corrected chi connectivity index (χ0v) is 19.3. The Balaban J connectivity index is 1.44. The Labute approximate surface area is 192 Å². The fraction of sp³-hybridized carbons (Fsp3) is 0.273. The van der Waals surface area contributed by atoms with Crippen LogP contribution in [0, 0.1) is 0 Å². The molecule has 1 aromatic heterocycles. The van der Waals surface area contributed by atoms with Gasteiger partial charge in [-0.2, -0.15) is 9.40 Å². The number of hydrogen-bond donors (Lipinski definition) is 1. The Hall–Kier alpha value is -3.02. The van der Waals surface area contributed by atoms with E-state index in [-0.39, 0.29) is 22.0 Å². The number of anilines is 1. The van der Waals surface area contributed by atoms with E-state index in [2.05, 4.69) is 10.4 Å². The van der Waals surface area contributed by atoms with Crippen molar-refractivity contribution in [1.29, 1.82) is 0 Å². The molecule has 0 unspecified atom stereocenters. The first kappa shape index (κ1) is 21.8. The third kappa shape index (κ3) is 4.07. The molecule has 0 radical (unpaired) electrons. The van der Waals surface area contributed by atoms with Gasteiger partial charge in [0.15, 0.2) is 9.84 Å². The van der Waals surface area contributed by atoms with Gasteiger partial charge >= 0.3 is 0 Å². The molecule has 11 heteroatoms. The summed E-state index contributed by atoms with van der Waals surface area (Å²) in [5.74, 6) is -0.549. The van der Waals surface area contributed by atoms with Crippen molar-refractivity contribution >= 4 is 31.6 Å². The summed E-state index contributed by atoms with van der Waals surface area (Å²) in [4.78, 5) is 13.2. The molecule has 0 spiro atoms. The third-order valence-corrected chi connectivity index (χ3v) is 9.19. The molecule has 9 nitrogen and oxygen atoms in total. The second-order valence-electron chi connectivity index (χ2n) is 8.14. The Bertz CT molecular complexity index is 1420. The van der Waals surface area contributed by atoms with Gasteiger partial charge in [0, 0.05) is 24.2 Å². The average molecular weight is 487 g/mol. The van der Waals surface area contributed by atoms with Crippen LogP contribution < -0.4 is 5.32 Å². The van der Waals surface area contributed by atoms with Crippen LogP contribution in [0.2, 0.25) is 0 Å². The van der Waals surface area contributed by atoms with Crippen LogP contribution in [-0.4, -0.2) is 49.9 Å². The van der Waals surface area contributed by atoms with Crippen LogP contribution in [0.4, 0.5) is 5.82 Å². The normalized spacial score (nSPS) is 17.7. The van der Waals surface area contributed by atoms with E-state index in [1.807, 2.05) is 30.3 Å². The number of sulfone groups is 1. The van der Waals surface area contributed by atoms with Crippen molar-refractivity contribution in [3.63, 3.8) is 0 Å². The Morgan fingerprint density at radius 1 is 0.939 bits per heavy atom. The van der Waals surface area contributed by atoms with Gasteiger partial charge in [0.1, 0.15) is 5.82 Å². The average Bonchev–Trinajstić information content (AvgIpc) is 3.51. The van der Waals surface area contributed by atoms with E-state index >= 15 is 0 Å². The number of para-hydroxylation sites is 1. The van der Waals surface area contributed by atoms with Crippen LogP contribution in [0.5, 0.6) is 0 Å². The number of benzene rings is 2. The second kappa shape index (κ2) is 8.08. The first-order chi connectivity index (χ1) is 15.7. The van der Waals surface area contributed by atoms with Crippen molar-refractivity contribution < 1.29 is 21.6 Å². The molecule has 1 amide bonds. The fourth-order valence-electron chi connectivity index (χ4n) is 4.16. The lowest BCUT2D eigenvalue weighted by atomic mass is 10.2. The molecule has 1 saturated heterocycles. The molecule has 1 fully saturated rings. The van der Waals surface area contributed by atoms with E-state index in [0.717, 1.165) is 12.8 Å². The molecular formula is C22H22N4O5S2. The number of fused-ring (bicyclic) bond motifs is 1. The zero-order valence-electron chi connectivity index (χ0n) is 17.6. The molecule has 0 atom stereocenters. The molecule has 1 N–H and O–H groups in total. The minimum atomic E-state index is -3.57. The number of nitrogens with zero attached hydrogens (tertiary/aromatic N) is 3. The maximum Gasteiger partial charge on any atom is 0.256 e. The summed E-state index contributed by atoms with van der Waals surface area (Å²) in [7, 11) is -6.89. The minimum Gasteiger partial charge on any atom is -0.306 e. The molecule has 2 aliphatic heterocycles.